The summed E-state index contributed by atoms with van der Waals surface area (Å²) < 4.78 is 0. The third kappa shape index (κ3) is 4.29. The van der Waals surface area contributed by atoms with E-state index in [4.69, 9.17) is 5.73 Å². The molecule has 21 heavy (non-hydrogen) atoms. The van der Waals surface area contributed by atoms with Crippen LogP contribution in [0.1, 0.15) is 27.2 Å². The molecule has 0 radical (unpaired) electrons. The minimum atomic E-state index is -0.420. The number of anilines is 1. The first kappa shape index (κ1) is 16.0. The van der Waals surface area contributed by atoms with Crippen LogP contribution in [0.15, 0.2) is 30.3 Å². The molecule has 0 spiro atoms. The molecule has 1 aromatic rings. The first-order valence-electron chi connectivity index (χ1n) is 7.73. The maximum absolute atomic E-state index is 12.5. The molecule has 1 heterocycles. The maximum atomic E-state index is 12.5. The molecule has 1 aromatic carbocycles. The van der Waals surface area contributed by atoms with Gasteiger partial charge in [0.2, 0.25) is 5.91 Å². The summed E-state index contributed by atoms with van der Waals surface area (Å²) in [6.07, 6.45) is 1.01. The number of hydrogen-bond donors (Lipinski definition) is 2. The Morgan fingerprint density at radius 3 is 2.67 bits per heavy atom. The van der Waals surface area contributed by atoms with E-state index in [1.54, 1.807) is 0 Å². The predicted molar refractivity (Wildman–Crippen MR) is 87.0 cm³/mol. The highest BCUT2D eigenvalue weighted by Crippen LogP contribution is 2.23. The fourth-order valence-corrected chi connectivity index (χ4v) is 2.85. The van der Waals surface area contributed by atoms with Gasteiger partial charge in [0.25, 0.3) is 0 Å². The number of nitrogens with one attached hydrogen (secondary N) is 1. The molecule has 2 atom stereocenters. The number of likely N-dealkylation sites (tertiary alicyclic amines) is 1. The van der Waals surface area contributed by atoms with Gasteiger partial charge in [-0.1, -0.05) is 25.1 Å². The minimum absolute atomic E-state index is 0.0659. The summed E-state index contributed by atoms with van der Waals surface area (Å²) in [7, 11) is 0. The summed E-state index contributed by atoms with van der Waals surface area (Å²) in [5.74, 6) is 0.558. The lowest BCUT2D eigenvalue weighted by Crippen LogP contribution is -2.50. The lowest BCUT2D eigenvalue weighted by molar-refractivity contribution is -0.125. The third-order valence-electron chi connectivity index (χ3n) is 4.32. The molecule has 2 unspecified atom stereocenters. The highest BCUT2D eigenvalue weighted by molar-refractivity contribution is 5.94. The number of para-hydroxylation sites is 1. The summed E-state index contributed by atoms with van der Waals surface area (Å²) in [6.45, 7) is 8.92. The Hall–Kier alpha value is -1.39. The third-order valence-corrected chi connectivity index (χ3v) is 4.32. The Morgan fingerprint density at radius 1 is 1.38 bits per heavy atom. The van der Waals surface area contributed by atoms with Crippen LogP contribution in [0.3, 0.4) is 0 Å². The van der Waals surface area contributed by atoms with Gasteiger partial charge in [-0.05, 0) is 44.9 Å². The molecule has 3 N–H and O–H groups in total. The number of benzene rings is 1. The molecular formula is C17H27N3O. The van der Waals surface area contributed by atoms with E-state index in [2.05, 4.69) is 17.1 Å². The zero-order valence-electron chi connectivity index (χ0n) is 13.3. The molecule has 116 valence electrons. The van der Waals surface area contributed by atoms with E-state index in [0.717, 1.165) is 31.7 Å². The van der Waals surface area contributed by atoms with Gasteiger partial charge in [-0.15, -0.1) is 0 Å². The fourth-order valence-electron chi connectivity index (χ4n) is 2.85. The van der Waals surface area contributed by atoms with Crippen molar-refractivity contribution in [3.8, 4) is 0 Å². The van der Waals surface area contributed by atoms with Crippen molar-refractivity contribution in [2.75, 3.05) is 25.0 Å². The van der Waals surface area contributed by atoms with E-state index in [0.29, 0.717) is 12.0 Å². The van der Waals surface area contributed by atoms with Gasteiger partial charge >= 0.3 is 0 Å². The first-order valence-corrected chi connectivity index (χ1v) is 7.73. The predicted octanol–water partition coefficient (Wildman–Crippen LogP) is 2.32. The standard InChI is InChI=1S/C17H27N3O/c1-13-11-20(10-9-15(13)18)12-17(2,3)16(21)19-14-7-5-4-6-8-14/h4-8,13,15H,9-12,18H2,1-3H3,(H,19,21). The molecule has 1 fully saturated rings. The molecule has 2 rings (SSSR count). The van der Waals surface area contributed by atoms with Gasteiger partial charge in [-0.3, -0.25) is 4.79 Å². The van der Waals surface area contributed by atoms with Crippen molar-refractivity contribution in [1.29, 1.82) is 0 Å². The normalized spacial score (nSPS) is 23.8. The van der Waals surface area contributed by atoms with Gasteiger partial charge in [0.05, 0.1) is 5.41 Å². The van der Waals surface area contributed by atoms with Crippen molar-refractivity contribution in [2.24, 2.45) is 17.1 Å². The first-order chi connectivity index (χ1) is 9.88. The van der Waals surface area contributed by atoms with Crippen LogP contribution in [0.4, 0.5) is 5.69 Å². The number of hydrogen-bond acceptors (Lipinski definition) is 3. The second-order valence-corrected chi connectivity index (χ2v) is 6.87. The van der Waals surface area contributed by atoms with E-state index in [-0.39, 0.29) is 5.91 Å². The van der Waals surface area contributed by atoms with Crippen LogP contribution in [0.2, 0.25) is 0 Å². The summed E-state index contributed by atoms with van der Waals surface area (Å²) in [4.78, 5) is 14.9. The van der Waals surface area contributed by atoms with E-state index in [1.165, 1.54) is 0 Å². The molecule has 0 bridgehead atoms. The number of piperidine rings is 1. The average Bonchev–Trinajstić information content (AvgIpc) is 2.43. The van der Waals surface area contributed by atoms with Gasteiger partial charge in [0.15, 0.2) is 0 Å². The van der Waals surface area contributed by atoms with Crippen LogP contribution in [0.5, 0.6) is 0 Å². The number of amides is 1. The zero-order chi connectivity index (χ0) is 15.5. The average molecular weight is 289 g/mol. The quantitative estimate of drug-likeness (QED) is 0.894. The largest absolute Gasteiger partial charge is 0.327 e. The Morgan fingerprint density at radius 2 is 2.05 bits per heavy atom. The molecule has 0 saturated carbocycles. The van der Waals surface area contributed by atoms with Gasteiger partial charge in [-0.2, -0.15) is 0 Å². The lowest BCUT2D eigenvalue weighted by Gasteiger charge is -2.38. The van der Waals surface area contributed by atoms with Gasteiger partial charge in [0, 0.05) is 24.8 Å². The smallest absolute Gasteiger partial charge is 0.231 e. The van der Waals surface area contributed by atoms with Gasteiger partial charge < -0.3 is 16.0 Å². The Labute approximate surface area is 127 Å². The Bertz CT molecular complexity index is 472. The van der Waals surface area contributed by atoms with Crippen LogP contribution in [0.25, 0.3) is 0 Å². The highest BCUT2D eigenvalue weighted by Gasteiger charge is 2.33. The molecule has 1 aliphatic rings. The Balaban J connectivity index is 1.93. The lowest BCUT2D eigenvalue weighted by atomic mass is 9.88. The second kappa shape index (κ2) is 6.58. The van der Waals surface area contributed by atoms with E-state index < -0.39 is 5.41 Å². The second-order valence-electron chi connectivity index (χ2n) is 6.87. The highest BCUT2D eigenvalue weighted by atomic mass is 16.2. The molecule has 4 nitrogen and oxygen atoms in total. The van der Waals surface area contributed by atoms with Crippen LogP contribution in [-0.2, 0) is 4.79 Å². The summed E-state index contributed by atoms with van der Waals surface area (Å²) in [5.41, 5.74) is 6.49. The number of nitrogens with two attached hydrogens (primary N) is 1. The van der Waals surface area contributed by atoms with Crippen molar-refractivity contribution in [1.82, 2.24) is 4.90 Å². The SMILES string of the molecule is CC1CN(CC(C)(C)C(=O)Nc2ccccc2)CCC1N. The molecule has 0 aromatic heterocycles. The molecule has 1 saturated heterocycles. The number of carbonyl (C=O) groups is 1. The van der Waals surface area contributed by atoms with Crippen molar-refractivity contribution in [2.45, 2.75) is 33.2 Å². The van der Waals surface area contributed by atoms with Gasteiger partial charge in [0.1, 0.15) is 0 Å². The molecule has 1 aliphatic heterocycles. The molecule has 0 aliphatic carbocycles. The van der Waals surface area contributed by atoms with Crippen molar-refractivity contribution < 1.29 is 4.79 Å². The van der Waals surface area contributed by atoms with Gasteiger partial charge in [-0.25, -0.2) is 0 Å². The van der Waals surface area contributed by atoms with Crippen molar-refractivity contribution in [3.05, 3.63) is 30.3 Å². The monoisotopic (exact) mass is 289 g/mol. The van der Waals surface area contributed by atoms with E-state index >= 15 is 0 Å². The molecule has 1 amide bonds. The fraction of sp³-hybridized carbons (Fsp3) is 0.588. The van der Waals surface area contributed by atoms with Crippen molar-refractivity contribution >= 4 is 11.6 Å². The van der Waals surface area contributed by atoms with Crippen LogP contribution in [-0.4, -0.2) is 36.5 Å². The number of carbonyl (C=O) groups excluding carboxylic acids is 1. The van der Waals surface area contributed by atoms with Crippen LogP contribution in [0, 0.1) is 11.3 Å². The summed E-state index contributed by atoms with van der Waals surface area (Å²) in [5, 5.41) is 3.00. The maximum Gasteiger partial charge on any atom is 0.231 e. The van der Waals surface area contributed by atoms with E-state index in [1.807, 2.05) is 44.2 Å². The van der Waals surface area contributed by atoms with Crippen LogP contribution >= 0.6 is 0 Å². The molecular weight excluding hydrogens is 262 g/mol. The van der Waals surface area contributed by atoms with Crippen molar-refractivity contribution in [3.63, 3.8) is 0 Å². The zero-order valence-corrected chi connectivity index (χ0v) is 13.3. The van der Waals surface area contributed by atoms with Crippen LogP contribution < -0.4 is 11.1 Å². The molecule has 4 heteroatoms. The number of rotatable bonds is 4. The number of nitrogens with zero attached hydrogens (tertiary/aromatic N) is 1. The Kier molecular flexibility index (Phi) is 5.01. The minimum Gasteiger partial charge on any atom is -0.327 e. The summed E-state index contributed by atoms with van der Waals surface area (Å²) >= 11 is 0. The van der Waals surface area contributed by atoms with E-state index in [9.17, 15) is 4.79 Å². The summed E-state index contributed by atoms with van der Waals surface area (Å²) in [6, 6.07) is 9.92. The topological polar surface area (TPSA) is 58.4 Å².